The summed E-state index contributed by atoms with van der Waals surface area (Å²) in [5.74, 6) is 0. The third-order valence-electron chi connectivity index (χ3n) is 8.72. The van der Waals surface area contributed by atoms with Crippen molar-refractivity contribution in [3.8, 4) is 0 Å². The van der Waals surface area contributed by atoms with E-state index in [1.165, 1.54) is 180 Å². The van der Waals surface area contributed by atoms with Gasteiger partial charge in [-0.15, -0.1) is 0 Å². The van der Waals surface area contributed by atoms with E-state index in [1.54, 1.807) is 0 Å². The molecule has 0 aliphatic rings. The monoisotopic (exact) mass is 594 g/mol. The predicted molar refractivity (Wildman–Crippen MR) is 189 cm³/mol. The van der Waals surface area contributed by atoms with Crippen LogP contribution in [-0.4, -0.2) is 32.5 Å². The average molecular weight is 594 g/mol. The first-order valence-corrected chi connectivity index (χ1v) is 19.4. The maximum atomic E-state index is 5.99. The summed E-state index contributed by atoms with van der Waals surface area (Å²) < 4.78 is 11.9. The molecule has 3 nitrogen and oxygen atoms in total. The zero-order valence-corrected chi connectivity index (χ0v) is 29.2. The highest BCUT2D eigenvalue weighted by Gasteiger charge is 2.07. The number of hydrogen-bond acceptors (Lipinski definition) is 3. The molecule has 0 aromatic rings. The second kappa shape index (κ2) is 38.6. The van der Waals surface area contributed by atoms with Gasteiger partial charge in [0.1, 0.15) is 0 Å². The Balaban J connectivity index is 3.28. The van der Waals surface area contributed by atoms with Crippen LogP contribution in [0.4, 0.5) is 0 Å². The van der Waals surface area contributed by atoms with Gasteiger partial charge in [-0.1, -0.05) is 180 Å². The first-order chi connectivity index (χ1) is 20.8. The van der Waals surface area contributed by atoms with E-state index in [2.05, 4.69) is 26.0 Å². The molecule has 0 fully saturated rings. The van der Waals surface area contributed by atoms with Gasteiger partial charge in [0, 0.05) is 19.8 Å². The molecular formula is C39H79NO2. The fourth-order valence-electron chi connectivity index (χ4n) is 5.75. The van der Waals surface area contributed by atoms with Crippen LogP contribution in [0.5, 0.6) is 0 Å². The van der Waals surface area contributed by atoms with Crippen molar-refractivity contribution in [2.45, 2.75) is 213 Å². The number of rotatable bonds is 37. The van der Waals surface area contributed by atoms with Gasteiger partial charge in [-0.25, -0.2) is 0 Å². The minimum absolute atomic E-state index is 0.0652. The molecule has 0 aromatic carbocycles. The van der Waals surface area contributed by atoms with Gasteiger partial charge in [-0.3, -0.25) is 0 Å². The molecular weight excluding hydrogens is 514 g/mol. The van der Waals surface area contributed by atoms with Gasteiger partial charge in [0.2, 0.25) is 0 Å². The van der Waals surface area contributed by atoms with Crippen LogP contribution in [0.1, 0.15) is 206 Å². The first-order valence-electron chi connectivity index (χ1n) is 19.4. The Morgan fingerprint density at radius 2 is 0.762 bits per heavy atom. The number of allylic oxidation sites excluding steroid dienone is 2. The highest BCUT2D eigenvalue weighted by Crippen LogP contribution is 2.14. The van der Waals surface area contributed by atoms with E-state index in [9.17, 15) is 0 Å². The molecule has 0 saturated carbocycles. The zero-order chi connectivity index (χ0) is 30.4. The van der Waals surface area contributed by atoms with Crippen molar-refractivity contribution < 1.29 is 9.47 Å². The molecule has 1 atom stereocenters. The molecule has 0 aromatic heterocycles. The summed E-state index contributed by atoms with van der Waals surface area (Å²) in [5.41, 5.74) is 5.91. The fraction of sp³-hybridized carbons (Fsp3) is 0.949. The van der Waals surface area contributed by atoms with Gasteiger partial charge in [-0.2, -0.15) is 0 Å². The average Bonchev–Trinajstić information content (AvgIpc) is 3.00. The second-order valence-corrected chi connectivity index (χ2v) is 13.0. The molecule has 0 heterocycles. The summed E-state index contributed by atoms with van der Waals surface area (Å²) in [4.78, 5) is 0. The van der Waals surface area contributed by atoms with E-state index in [4.69, 9.17) is 15.2 Å². The summed E-state index contributed by atoms with van der Waals surface area (Å²) >= 11 is 0. The second-order valence-electron chi connectivity index (χ2n) is 13.0. The molecule has 0 saturated heterocycles. The fourth-order valence-corrected chi connectivity index (χ4v) is 5.75. The van der Waals surface area contributed by atoms with Crippen molar-refractivity contribution in [3.63, 3.8) is 0 Å². The molecule has 0 spiro atoms. The van der Waals surface area contributed by atoms with Gasteiger partial charge in [0.25, 0.3) is 0 Å². The van der Waals surface area contributed by atoms with Crippen molar-refractivity contribution in [2.75, 3.05) is 26.4 Å². The number of hydrogen-bond donors (Lipinski definition) is 1. The van der Waals surface area contributed by atoms with Crippen LogP contribution in [0.2, 0.25) is 0 Å². The molecule has 252 valence electrons. The number of nitrogens with two attached hydrogens (primary N) is 1. The molecule has 42 heavy (non-hydrogen) atoms. The first kappa shape index (κ1) is 41.6. The van der Waals surface area contributed by atoms with Gasteiger partial charge in [-0.05, 0) is 38.5 Å². The van der Waals surface area contributed by atoms with E-state index in [-0.39, 0.29) is 6.10 Å². The van der Waals surface area contributed by atoms with Crippen molar-refractivity contribution in [2.24, 2.45) is 5.73 Å². The summed E-state index contributed by atoms with van der Waals surface area (Å²) in [6.45, 7) is 7.48. The normalized spacial score (nSPS) is 12.5. The van der Waals surface area contributed by atoms with Crippen LogP contribution in [-0.2, 0) is 9.47 Å². The Morgan fingerprint density at radius 3 is 1.14 bits per heavy atom. The maximum absolute atomic E-state index is 5.99. The number of unbranched alkanes of at least 4 members (excludes halogenated alkanes) is 27. The number of ether oxygens (including phenoxy) is 2. The van der Waals surface area contributed by atoms with Gasteiger partial charge in [0.05, 0.1) is 12.7 Å². The summed E-state index contributed by atoms with van der Waals surface area (Å²) in [7, 11) is 0. The Hall–Kier alpha value is -0.380. The lowest BCUT2D eigenvalue weighted by atomic mass is 10.0. The molecule has 2 N–H and O–H groups in total. The highest BCUT2D eigenvalue weighted by molar-refractivity contribution is 4.81. The van der Waals surface area contributed by atoms with Crippen molar-refractivity contribution in [1.29, 1.82) is 0 Å². The van der Waals surface area contributed by atoms with Crippen LogP contribution in [0.15, 0.2) is 12.2 Å². The quantitative estimate of drug-likeness (QED) is 0.0575. The van der Waals surface area contributed by atoms with E-state index in [0.717, 1.165) is 26.1 Å². The van der Waals surface area contributed by atoms with E-state index >= 15 is 0 Å². The molecule has 0 amide bonds. The molecule has 0 aliphatic carbocycles. The van der Waals surface area contributed by atoms with Gasteiger partial charge < -0.3 is 15.2 Å². The largest absolute Gasteiger partial charge is 0.379 e. The Kier molecular flexibility index (Phi) is 38.3. The Labute approximate surface area is 265 Å². The van der Waals surface area contributed by atoms with Crippen LogP contribution in [0.25, 0.3) is 0 Å². The van der Waals surface area contributed by atoms with Gasteiger partial charge >= 0.3 is 0 Å². The lowest BCUT2D eigenvalue weighted by molar-refractivity contribution is -0.0136. The molecule has 0 radical (unpaired) electrons. The van der Waals surface area contributed by atoms with Crippen molar-refractivity contribution in [1.82, 2.24) is 0 Å². The van der Waals surface area contributed by atoms with Gasteiger partial charge in [0.15, 0.2) is 0 Å². The van der Waals surface area contributed by atoms with E-state index in [1.807, 2.05) is 0 Å². The lowest BCUT2D eigenvalue weighted by Gasteiger charge is -2.16. The smallest absolute Gasteiger partial charge is 0.0930 e. The third kappa shape index (κ3) is 35.8. The summed E-state index contributed by atoms with van der Waals surface area (Å²) in [5, 5.41) is 0. The third-order valence-corrected chi connectivity index (χ3v) is 8.72. The SMILES string of the molecule is CCCCCCCC/C=C/CCCCCCCCOCC(CN)OCCCCCCCCCCCCCCCCCC. The Morgan fingerprint density at radius 1 is 0.429 bits per heavy atom. The Bertz CT molecular complexity index is 495. The summed E-state index contributed by atoms with van der Waals surface area (Å²) in [6, 6.07) is 0. The topological polar surface area (TPSA) is 44.5 Å². The minimum Gasteiger partial charge on any atom is -0.379 e. The molecule has 0 rings (SSSR count). The van der Waals surface area contributed by atoms with E-state index in [0.29, 0.717) is 13.2 Å². The maximum Gasteiger partial charge on any atom is 0.0930 e. The van der Waals surface area contributed by atoms with Crippen LogP contribution >= 0.6 is 0 Å². The predicted octanol–water partition coefficient (Wildman–Crippen LogP) is 12.6. The summed E-state index contributed by atoms with van der Waals surface area (Å²) in [6.07, 6.45) is 46.1. The van der Waals surface area contributed by atoms with Crippen LogP contribution < -0.4 is 5.73 Å². The highest BCUT2D eigenvalue weighted by atomic mass is 16.5. The zero-order valence-electron chi connectivity index (χ0n) is 29.2. The lowest BCUT2D eigenvalue weighted by Crippen LogP contribution is -2.29. The van der Waals surface area contributed by atoms with Crippen LogP contribution in [0.3, 0.4) is 0 Å². The molecule has 3 heteroatoms. The van der Waals surface area contributed by atoms with Crippen molar-refractivity contribution in [3.05, 3.63) is 12.2 Å². The van der Waals surface area contributed by atoms with E-state index < -0.39 is 0 Å². The molecule has 1 unspecified atom stereocenters. The molecule has 0 bridgehead atoms. The standard InChI is InChI=1S/C39H79NO2/c1-3-5-7-9-11-13-15-17-19-21-23-25-27-29-31-33-35-41-38-39(37-40)42-36-34-32-30-28-26-24-22-20-18-16-14-12-10-8-6-4-2/h17,19,39H,3-16,18,20-38,40H2,1-2H3/b19-17+. The molecule has 0 aliphatic heterocycles. The van der Waals surface area contributed by atoms with Crippen molar-refractivity contribution >= 4 is 0 Å². The minimum atomic E-state index is 0.0652. The van der Waals surface area contributed by atoms with Crippen LogP contribution in [0, 0.1) is 0 Å².